The molecular weight excluding hydrogens is 172 g/mol. The summed E-state index contributed by atoms with van der Waals surface area (Å²) in [6.07, 6.45) is 11.7. The molecule has 0 bridgehead atoms. The summed E-state index contributed by atoms with van der Waals surface area (Å²) < 4.78 is 5.83. The molecule has 1 heteroatoms. The normalized spacial score (nSPS) is 27.9. The Morgan fingerprint density at radius 2 is 1.86 bits per heavy atom. The molecule has 0 aromatic carbocycles. The van der Waals surface area contributed by atoms with Gasteiger partial charge in [0.15, 0.2) is 0 Å². The lowest BCUT2D eigenvalue weighted by atomic mass is 9.83. The first-order valence-electron chi connectivity index (χ1n) is 6.50. The van der Waals surface area contributed by atoms with Crippen molar-refractivity contribution >= 4 is 0 Å². The Hall–Kier alpha value is -0.0400. The van der Waals surface area contributed by atoms with E-state index in [-0.39, 0.29) is 0 Å². The van der Waals surface area contributed by atoms with Crippen molar-refractivity contribution in [3.05, 3.63) is 0 Å². The van der Waals surface area contributed by atoms with E-state index in [1.54, 1.807) is 0 Å². The molecule has 1 saturated carbocycles. The second kappa shape index (κ2) is 7.28. The summed E-state index contributed by atoms with van der Waals surface area (Å²) in [5.74, 6) is 0.871. The third kappa shape index (κ3) is 4.00. The summed E-state index contributed by atoms with van der Waals surface area (Å²) >= 11 is 0. The van der Waals surface area contributed by atoms with Gasteiger partial charge in [0, 0.05) is 6.61 Å². The van der Waals surface area contributed by atoms with E-state index in [9.17, 15) is 0 Å². The third-order valence-electron chi connectivity index (χ3n) is 3.40. The van der Waals surface area contributed by atoms with Crippen molar-refractivity contribution in [3.63, 3.8) is 0 Å². The molecule has 0 unspecified atom stereocenters. The lowest BCUT2D eigenvalue weighted by Gasteiger charge is -2.31. The monoisotopic (exact) mass is 198 g/mol. The Morgan fingerprint density at radius 1 is 1.07 bits per heavy atom. The molecule has 0 amide bonds. The van der Waals surface area contributed by atoms with Crippen molar-refractivity contribution in [2.45, 2.75) is 71.3 Å². The molecule has 1 nitrogen and oxygen atoms in total. The largest absolute Gasteiger partial charge is 0.378 e. The van der Waals surface area contributed by atoms with Crippen LogP contribution < -0.4 is 0 Å². The van der Waals surface area contributed by atoms with Gasteiger partial charge in [-0.1, -0.05) is 39.0 Å². The van der Waals surface area contributed by atoms with E-state index in [0.29, 0.717) is 6.10 Å². The first-order valence-corrected chi connectivity index (χ1v) is 6.50. The zero-order valence-corrected chi connectivity index (χ0v) is 9.93. The molecule has 0 aliphatic heterocycles. The third-order valence-corrected chi connectivity index (χ3v) is 3.40. The molecule has 14 heavy (non-hydrogen) atoms. The fourth-order valence-electron chi connectivity index (χ4n) is 2.59. The van der Waals surface area contributed by atoms with Crippen LogP contribution in [0.15, 0.2) is 0 Å². The van der Waals surface area contributed by atoms with Crippen LogP contribution in [-0.4, -0.2) is 12.7 Å². The van der Waals surface area contributed by atoms with Gasteiger partial charge in [0.2, 0.25) is 0 Å². The van der Waals surface area contributed by atoms with Gasteiger partial charge in [-0.2, -0.15) is 0 Å². The Labute approximate surface area is 89.2 Å². The summed E-state index contributed by atoms with van der Waals surface area (Å²) in [7, 11) is 0. The number of hydrogen-bond donors (Lipinski definition) is 0. The fraction of sp³-hybridized carbons (Fsp3) is 1.00. The minimum absolute atomic E-state index is 0.589. The van der Waals surface area contributed by atoms with E-state index in [1.165, 1.54) is 51.4 Å². The summed E-state index contributed by atoms with van der Waals surface area (Å²) in [6.45, 7) is 5.30. The molecule has 84 valence electrons. The van der Waals surface area contributed by atoms with Crippen molar-refractivity contribution < 1.29 is 4.74 Å². The predicted octanol–water partition coefficient (Wildman–Crippen LogP) is 4.16. The van der Waals surface area contributed by atoms with Crippen LogP contribution in [0.3, 0.4) is 0 Å². The molecule has 1 aliphatic carbocycles. The summed E-state index contributed by atoms with van der Waals surface area (Å²) in [5.41, 5.74) is 0. The van der Waals surface area contributed by atoms with E-state index in [4.69, 9.17) is 4.74 Å². The molecule has 1 aliphatic rings. The van der Waals surface area contributed by atoms with Gasteiger partial charge >= 0.3 is 0 Å². The number of rotatable bonds is 6. The van der Waals surface area contributed by atoms with E-state index in [2.05, 4.69) is 13.8 Å². The summed E-state index contributed by atoms with van der Waals surface area (Å²) in [6, 6.07) is 0. The van der Waals surface area contributed by atoms with Gasteiger partial charge in [-0.25, -0.2) is 0 Å². The van der Waals surface area contributed by atoms with E-state index in [1.807, 2.05) is 0 Å². The van der Waals surface area contributed by atoms with Crippen LogP contribution in [-0.2, 0) is 4.74 Å². The van der Waals surface area contributed by atoms with E-state index < -0.39 is 0 Å². The summed E-state index contributed by atoms with van der Waals surface area (Å²) in [5, 5.41) is 0. The average Bonchev–Trinajstić information content (AvgIpc) is 2.21. The van der Waals surface area contributed by atoms with Crippen LogP contribution in [0.4, 0.5) is 0 Å². The van der Waals surface area contributed by atoms with Gasteiger partial charge in [0.05, 0.1) is 6.10 Å². The van der Waals surface area contributed by atoms with Gasteiger partial charge in [0.1, 0.15) is 0 Å². The summed E-state index contributed by atoms with van der Waals surface area (Å²) in [4.78, 5) is 0. The highest BCUT2D eigenvalue weighted by Crippen LogP contribution is 2.30. The van der Waals surface area contributed by atoms with Crippen LogP contribution in [0.25, 0.3) is 0 Å². The molecule has 1 rings (SSSR count). The van der Waals surface area contributed by atoms with Crippen molar-refractivity contribution in [1.82, 2.24) is 0 Å². The SMILES string of the molecule is CCCCC[C@@H]1CCCC[C@@H]1OCC. The molecule has 0 radical (unpaired) electrons. The molecule has 0 heterocycles. The first-order chi connectivity index (χ1) is 6.88. The molecule has 0 aromatic rings. The van der Waals surface area contributed by atoms with E-state index >= 15 is 0 Å². The molecule has 1 fully saturated rings. The maximum Gasteiger partial charge on any atom is 0.0603 e. The van der Waals surface area contributed by atoms with Crippen molar-refractivity contribution in [2.75, 3.05) is 6.61 Å². The number of unbranched alkanes of at least 4 members (excludes halogenated alkanes) is 2. The maximum atomic E-state index is 5.83. The van der Waals surface area contributed by atoms with Crippen LogP contribution >= 0.6 is 0 Å². The predicted molar refractivity (Wildman–Crippen MR) is 61.5 cm³/mol. The van der Waals surface area contributed by atoms with Crippen LogP contribution in [0.5, 0.6) is 0 Å². The van der Waals surface area contributed by atoms with Crippen LogP contribution in [0.1, 0.15) is 65.2 Å². The quantitative estimate of drug-likeness (QED) is 0.582. The molecule has 0 spiro atoms. The van der Waals surface area contributed by atoms with E-state index in [0.717, 1.165) is 12.5 Å². The minimum Gasteiger partial charge on any atom is -0.378 e. The first kappa shape index (κ1) is 12.0. The number of hydrogen-bond acceptors (Lipinski definition) is 1. The smallest absolute Gasteiger partial charge is 0.0603 e. The lowest BCUT2D eigenvalue weighted by molar-refractivity contribution is -0.00763. The zero-order chi connectivity index (χ0) is 10.2. The Balaban J connectivity index is 2.22. The highest BCUT2D eigenvalue weighted by molar-refractivity contribution is 4.75. The highest BCUT2D eigenvalue weighted by Gasteiger charge is 2.24. The standard InChI is InChI=1S/C13H26O/c1-3-5-6-9-12-10-7-8-11-13(12)14-4-2/h12-13H,3-11H2,1-2H3/t12-,13+/m1/s1. The van der Waals surface area contributed by atoms with Crippen LogP contribution in [0, 0.1) is 5.92 Å². The van der Waals surface area contributed by atoms with Crippen molar-refractivity contribution in [1.29, 1.82) is 0 Å². The zero-order valence-electron chi connectivity index (χ0n) is 9.93. The molecule has 2 atom stereocenters. The molecular formula is C13H26O. The van der Waals surface area contributed by atoms with Gasteiger partial charge < -0.3 is 4.74 Å². The Bertz CT molecular complexity index is 131. The second-order valence-electron chi connectivity index (χ2n) is 4.53. The van der Waals surface area contributed by atoms with Crippen molar-refractivity contribution in [2.24, 2.45) is 5.92 Å². The number of ether oxygens (including phenoxy) is 1. The second-order valence-corrected chi connectivity index (χ2v) is 4.53. The van der Waals surface area contributed by atoms with Gasteiger partial charge in [0.25, 0.3) is 0 Å². The molecule has 0 N–H and O–H groups in total. The topological polar surface area (TPSA) is 9.23 Å². The maximum absolute atomic E-state index is 5.83. The van der Waals surface area contributed by atoms with Gasteiger partial charge in [-0.05, 0) is 32.1 Å². The van der Waals surface area contributed by atoms with Crippen molar-refractivity contribution in [3.8, 4) is 0 Å². The van der Waals surface area contributed by atoms with Crippen LogP contribution in [0.2, 0.25) is 0 Å². The lowest BCUT2D eigenvalue weighted by Crippen LogP contribution is -2.27. The average molecular weight is 198 g/mol. The molecule has 0 saturated heterocycles. The Kier molecular flexibility index (Phi) is 6.25. The highest BCUT2D eigenvalue weighted by atomic mass is 16.5. The van der Waals surface area contributed by atoms with Gasteiger partial charge in [-0.3, -0.25) is 0 Å². The minimum atomic E-state index is 0.589. The Morgan fingerprint density at radius 3 is 2.57 bits per heavy atom. The van der Waals surface area contributed by atoms with Gasteiger partial charge in [-0.15, -0.1) is 0 Å². The fourth-order valence-corrected chi connectivity index (χ4v) is 2.59. The molecule has 0 aromatic heterocycles.